The van der Waals surface area contributed by atoms with Gasteiger partial charge in [0.2, 0.25) is 0 Å². The van der Waals surface area contributed by atoms with Crippen molar-refractivity contribution >= 4 is 18.3 Å². The lowest BCUT2D eigenvalue weighted by atomic mass is 10.0. The van der Waals surface area contributed by atoms with Gasteiger partial charge in [-0.15, -0.1) is 0 Å². The Morgan fingerprint density at radius 3 is 2.74 bits per heavy atom. The summed E-state index contributed by atoms with van der Waals surface area (Å²) in [5.41, 5.74) is 4.67. The Balaban J connectivity index is 1.39. The molecule has 1 saturated heterocycles. The monoisotopic (exact) mass is 417 g/mol. The molecule has 4 rings (SSSR count). The average molecular weight is 417 g/mol. The SMILES string of the molecule is Cc1ccc(-c2cn[nH]c2)cc1/C=N\N=C/C1CC(C)N(C(=O)c2ccc(F)cc2)C1. The molecule has 2 heterocycles. The number of aryl methyl sites for hydroxylation is 1. The summed E-state index contributed by atoms with van der Waals surface area (Å²) in [5, 5.41) is 15.3. The van der Waals surface area contributed by atoms with E-state index in [4.69, 9.17) is 0 Å². The first-order valence-corrected chi connectivity index (χ1v) is 10.2. The third-order valence-corrected chi connectivity index (χ3v) is 5.61. The number of likely N-dealkylation sites (tertiary alicyclic amines) is 1. The van der Waals surface area contributed by atoms with Crippen LogP contribution in [0.3, 0.4) is 0 Å². The summed E-state index contributed by atoms with van der Waals surface area (Å²) in [4.78, 5) is 14.5. The Labute approximate surface area is 180 Å². The molecule has 2 atom stereocenters. The second kappa shape index (κ2) is 9.04. The summed E-state index contributed by atoms with van der Waals surface area (Å²) < 4.78 is 13.1. The second-order valence-corrected chi connectivity index (χ2v) is 7.88. The highest BCUT2D eigenvalue weighted by molar-refractivity contribution is 5.95. The lowest BCUT2D eigenvalue weighted by Gasteiger charge is -2.21. The zero-order chi connectivity index (χ0) is 21.8. The van der Waals surface area contributed by atoms with E-state index >= 15 is 0 Å². The molecule has 1 aliphatic rings. The quantitative estimate of drug-likeness (QED) is 0.491. The molecule has 0 aliphatic carbocycles. The lowest BCUT2D eigenvalue weighted by Crippen LogP contribution is -2.34. The van der Waals surface area contributed by atoms with Gasteiger partial charge in [0.05, 0.1) is 12.4 Å². The third kappa shape index (κ3) is 4.77. The summed E-state index contributed by atoms with van der Waals surface area (Å²) in [5.74, 6) is -0.298. The highest BCUT2D eigenvalue weighted by Gasteiger charge is 2.32. The maximum atomic E-state index is 13.1. The zero-order valence-electron chi connectivity index (χ0n) is 17.5. The fraction of sp³-hybridized carbons (Fsp3) is 0.250. The largest absolute Gasteiger partial charge is 0.335 e. The van der Waals surface area contributed by atoms with Gasteiger partial charge in [-0.3, -0.25) is 9.89 Å². The highest BCUT2D eigenvalue weighted by Crippen LogP contribution is 2.24. The number of rotatable bonds is 5. The summed E-state index contributed by atoms with van der Waals surface area (Å²) in [6, 6.07) is 11.9. The number of carbonyl (C=O) groups is 1. The van der Waals surface area contributed by atoms with E-state index in [-0.39, 0.29) is 23.7 Å². The van der Waals surface area contributed by atoms with Crippen LogP contribution in [0, 0.1) is 18.7 Å². The number of H-pyrrole nitrogens is 1. The minimum atomic E-state index is -0.348. The molecule has 0 saturated carbocycles. The van der Waals surface area contributed by atoms with E-state index in [1.807, 2.05) is 37.1 Å². The fourth-order valence-corrected chi connectivity index (χ4v) is 3.82. The standard InChI is InChI=1S/C24H24FN5O/c1-16-3-4-20(22-13-28-29-14-22)10-21(16)12-27-26-11-18-9-17(2)30(15-18)24(31)19-5-7-23(25)8-6-19/h3-8,10-14,17-18H,9,15H2,1-2H3,(H,28,29)/b26-11-,27-12-. The van der Waals surface area contributed by atoms with Crippen molar-refractivity contribution in [2.24, 2.45) is 16.1 Å². The molecule has 1 N–H and O–H groups in total. The van der Waals surface area contributed by atoms with Gasteiger partial charge in [-0.2, -0.15) is 15.3 Å². The molecule has 0 spiro atoms. The first-order chi connectivity index (χ1) is 15.0. The first kappa shape index (κ1) is 20.7. The normalized spacial score (nSPS) is 19.0. The predicted molar refractivity (Wildman–Crippen MR) is 120 cm³/mol. The summed E-state index contributed by atoms with van der Waals surface area (Å²) >= 11 is 0. The van der Waals surface area contributed by atoms with Crippen molar-refractivity contribution in [2.75, 3.05) is 6.54 Å². The summed E-state index contributed by atoms with van der Waals surface area (Å²) in [6.45, 7) is 4.62. The van der Waals surface area contributed by atoms with Crippen molar-refractivity contribution in [1.29, 1.82) is 0 Å². The van der Waals surface area contributed by atoms with Crippen molar-refractivity contribution in [3.05, 3.63) is 77.4 Å². The number of benzene rings is 2. The van der Waals surface area contributed by atoms with E-state index < -0.39 is 0 Å². The molecule has 0 bridgehead atoms. The van der Waals surface area contributed by atoms with Gasteiger partial charge in [0.1, 0.15) is 5.82 Å². The van der Waals surface area contributed by atoms with E-state index in [1.54, 1.807) is 18.6 Å². The molecule has 31 heavy (non-hydrogen) atoms. The van der Waals surface area contributed by atoms with Crippen LogP contribution in [0.4, 0.5) is 4.39 Å². The molecule has 0 radical (unpaired) electrons. The van der Waals surface area contributed by atoms with Crippen LogP contribution in [0.2, 0.25) is 0 Å². The molecule has 1 aliphatic heterocycles. The van der Waals surface area contributed by atoms with Crippen molar-refractivity contribution in [2.45, 2.75) is 26.3 Å². The van der Waals surface area contributed by atoms with E-state index in [0.717, 1.165) is 28.7 Å². The number of nitrogens with one attached hydrogen (secondary N) is 1. The van der Waals surface area contributed by atoms with Crippen LogP contribution in [0.1, 0.15) is 34.8 Å². The van der Waals surface area contributed by atoms with Gasteiger partial charge in [0.25, 0.3) is 5.91 Å². The van der Waals surface area contributed by atoms with Crippen molar-refractivity contribution < 1.29 is 9.18 Å². The number of aromatic nitrogens is 2. The van der Waals surface area contributed by atoms with Crippen LogP contribution >= 0.6 is 0 Å². The Bertz CT molecular complexity index is 1110. The van der Waals surface area contributed by atoms with Crippen LogP contribution in [-0.2, 0) is 0 Å². The minimum absolute atomic E-state index is 0.0846. The van der Waals surface area contributed by atoms with E-state index in [0.29, 0.717) is 12.1 Å². The number of carbonyl (C=O) groups excluding carboxylic acids is 1. The van der Waals surface area contributed by atoms with Crippen LogP contribution in [0.25, 0.3) is 11.1 Å². The van der Waals surface area contributed by atoms with Crippen LogP contribution in [0.15, 0.2) is 65.1 Å². The number of hydrogen-bond acceptors (Lipinski definition) is 4. The summed E-state index contributed by atoms with van der Waals surface area (Å²) in [7, 11) is 0. The van der Waals surface area contributed by atoms with Gasteiger partial charge in [0.15, 0.2) is 0 Å². The number of halogens is 1. The van der Waals surface area contributed by atoms with E-state index in [2.05, 4.69) is 26.5 Å². The highest BCUT2D eigenvalue weighted by atomic mass is 19.1. The second-order valence-electron chi connectivity index (χ2n) is 7.88. The number of aromatic amines is 1. The minimum Gasteiger partial charge on any atom is -0.335 e. The van der Waals surface area contributed by atoms with Crippen molar-refractivity contribution in [3.8, 4) is 11.1 Å². The summed E-state index contributed by atoms with van der Waals surface area (Å²) in [6.07, 6.45) is 8.00. The van der Waals surface area contributed by atoms with E-state index in [9.17, 15) is 9.18 Å². The van der Waals surface area contributed by atoms with Crippen molar-refractivity contribution in [3.63, 3.8) is 0 Å². The van der Waals surface area contributed by atoms with Crippen LogP contribution in [0.5, 0.6) is 0 Å². The maximum absolute atomic E-state index is 13.1. The van der Waals surface area contributed by atoms with Gasteiger partial charge in [0, 0.05) is 42.0 Å². The molecule has 1 aromatic heterocycles. The van der Waals surface area contributed by atoms with Crippen molar-refractivity contribution in [1.82, 2.24) is 15.1 Å². The number of hydrogen-bond donors (Lipinski definition) is 1. The topological polar surface area (TPSA) is 73.7 Å². The molecule has 1 amide bonds. The van der Waals surface area contributed by atoms with Crippen LogP contribution < -0.4 is 0 Å². The molecule has 6 nitrogen and oxygen atoms in total. The van der Waals surface area contributed by atoms with Gasteiger partial charge in [-0.05, 0) is 67.3 Å². The van der Waals surface area contributed by atoms with Gasteiger partial charge >= 0.3 is 0 Å². The van der Waals surface area contributed by atoms with E-state index in [1.165, 1.54) is 24.3 Å². The van der Waals surface area contributed by atoms with Gasteiger partial charge in [-0.25, -0.2) is 4.39 Å². The maximum Gasteiger partial charge on any atom is 0.254 e. The molecule has 3 aromatic rings. The van der Waals surface area contributed by atoms with Gasteiger partial charge in [-0.1, -0.05) is 12.1 Å². The average Bonchev–Trinajstić information content (AvgIpc) is 3.42. The Hall–Kier alpha value is -3.61. The smallest absolute Gasteiger partial charge is 0.254 e. The van der Waals surface area contributed by atoms with Gasteiger partial charge < -0.3 is 4.90 Å². The molecule has 2 aromatic carbocycles. The van der Waals surface area contributed by atoms with Crippen LogP contribution in [-0.4, -0.2) is 46.0 Å². The predicted octanol–water partition coefficient (Wildman–Crippen LogP) is 4.48. The molecule has 7 heteroatoms. The molecular weight excluding hydrogens is 393 g/mol. The fourth-order valence-electron chi connectivity index (χ4n) is 3.82. The number of amides is 1. The number of nitrogens with zero attached hydrogens (tertiary/aromatic N) is 4. The molecule has 2 unspecified atom stereocenters. The first-order valence-electron chi connectivity index (χ1n) is 10.2. The Morgan fingerprint density at radius 1 is 1.19 bits per heavy atom. The molecular formula is C24H24FN5O. The third-order valence-electron chi connectivity index (χ3n) is 5.61. The molecule has 1 fully saturated rings. The lowest BCUT2D eigenvalue weighted by molar-refractivity contribution is 0.0745. The zero-order valence-corrected chi connectivity index (χ0v) is 17.5. The molecule has 158 valence electrons. The Morgan fingerprint density at radius 2 is 2.00 bits per heavy atom. The Kier molecular flexibility index (Phi) is 6.02.